The number of thiazole rings is 1. The maximum Gasteiger partial charge on any atom is 0.265 e. The minimum atomic E-state index is -0.295. The highest BCUT2D eigenvalue weighted by molar-refractivity contribution is 7.17. The quantitative estimate of drug-likeness (QED) is 0.708. The van der Waals surface area contributed by atoms with Gasteiger partial charge in [0.1, 0.15) is 15.7 Å². The third-order valence-corrected chi connectivity index (χ3v) is 7.08. The fourth-order valence-corrected chi connectivity index (χ4v) is 4.87. The van der Waals surface area contributed by atoms with Crippen molar-refractivity contribution in [3.63, 3.8) is 0 Å². The summed E-state index contributed by atoms with van der Waals surface area (Å²) in [5.41, 5.74) is 1.51. The zero-order valence-corrected chi connectivity index (χ0v) is 19.5. The molecule has 0 saturated carbocycles. The summed E-state index contributed by atoms with van der Waals surface area (Å²) in [4.78, 5) is 34.6. The van der Waals surface area contributed by atoms with Gasteiger partial charge in [-0.1, -0.05) is 6.92 Å². The highest BCUT2D eigenvalue weighted by atomic mass is 32.1. The Morgan fingerprint density at radius 2 is 1.90 bits per heavy atom. The van der Waals surface area contributed by atoms with E-state index < -0.39 is 0 Å². The van der Waals surface area contributed by atoms with E-state index in [-0.39, 0.29) is 29.5 Å². The van der Waals surface area contributed by atoms with Gasteiger partial charge >= 0.3 is 0 Å². The van der Waals surface area contributed by atoms with E-state index in [1.165, 1.54) is 23.5 Å². The number of carbonyl (C=O) groups excluding carboxylic acids is 2. The van der Waals surface area contributed by atoms with Crippen LogP contribution in [0.2, 0.25) is 0 Å². The highest BCUT2D eigenvalue weighted by Gasteiger charge is 2.31. The zero-order chi connectivity index (χ0) is 22.5. The molecule has 31 heavy (non-hydrogen) atoms. The van der Waals surface area contributed by atoms with Crippen LogP contribution >= 0.6 is 11.3 Å². The number of likely N-dealkylation sites (N-methyl/N-ethyl adjacent to an activating group) is 1. The van der Waals surface area contributed by atoms with E-state index in [1.807, 2.05) is 37.7 Å². The van der Waals surface area contributed by atoms with Gasteiger partial charge in [-0.15, -0.1) is 11.3 Å². The van der Waals surface area contributed by atoms with Crippen LogP contribution in [0.25, 0.3) is 10.6 Å². The summed E-state index contributed by atoms with van der Waals surface area (Å²) in [5.74, 6) is 0.00551. The molecule has 1 aromatic heterocycles. The molecule has 168 valence electrons. The van der Waals surface area contributed by atoms with E-state index in [2.05, 4.69) is 10.3 Å². The van der Waals surface area contributed by atoms with Crippen LogP contribution in [-0.4, -0.2) is 66.9 Å². The molecule has 1 aliphatic heterocycles. The molecule has 1 fully saturated rings. The number of amides is 2. The number of hydrogen-bond acceptors (Lipinski definition) is 5. The van der Waals surface area contributed by atoms with Crippen molar-refractivity contribution in [3.05, 3.63) is 40.7 Å². The summed E-state index contributed by atoms with van der Waals surface area (Å²) in [7, 11) is 3.96. The first-order valence-corrected chi connectivity index (χ1v) is 11.5. The molecule has 0 radical (unpaired) electrons. The Kier molecular flexibility index (Phi) is 7.78. The van der Waals surface area contributed by atoms with Gasteiger partial charge in [0.25, 0.3) is 5.91 Å². The van der Waals surface area contributed by atoms with Gasteiger partial charge in [0.2, 0.25) is 5.91 Å². The minimum absolute atomic E-state index is 0.00935. The predicted octanol–water partition coefficient (Wildman–Crippen LogP) is 3.42. The van der Waals surface area contributed by atoms with E-state index in [4.69, 9.17) is 0 Å². The van der Waals surface area contributed by atoms with E-state index in [1.54, 1.807) is 12.1 Å². The normalized spacial score (nSPS) is 15.9. The van der Waals surface area contributed by atoms with Crippen LogP contribution in [-0.2, 0) is 4.79 Å². The molecule has 0 bridgehead atoms. The van der Waals surface area contributed by atoms with Gasteiger partial charge in [-0.05, 0) is 64.0 Å². The molecule has 1 atom stereocenters. The van der Waals surface area contributed by atoms with E-state index in [0.717, 1.165) is 30.0 Å². The molecule has 1 aliphatic rings. The maximum atomic E-state index is 13.2. The third kappa shape index (κ3) is 5.89. The molecule has 8 heteroatoms. The number of rotatable bonds is 7. The Morgan fingerprint density at radius 3 is 2.52 bits per heavy atom. The minimum Gasteiger partial charge on any atom is -0.355 e. The second kappa shape index (κ2) is 10.3. The second-order valence-corrected chi connectivity index (χ2v) is 9.45. The standard InChI is InChI=1S/C23H31FN4O2S/c1-15(21(29)25-11-14-27(3)4)17-9-12-28(13-10-17)23(30)20-16(2)26-22(31-20)18-5-7-19(24)8-6-18/h5-8,15,17H,9-14H2,1-4H3,(H,25,29)/t15-/m0/s1. The summed E-state index contributed by atoms with van der Waals surface area (Å²) in [5, 5.41) is 3.73. The lowest BCUT2D eigenvalue weighted by atomic mass is 9.85. The first kappa shape index (κ1) is 23.3. The molecule has 1 N–H and O–H groups in total. The van der Waals surface area contributed by atoms with Crippen molar-refractivity contribution < 1.29 is 14.0 Å². The molecule has 6 nitrogen and oxygen atoms in total. The van der Waals surface area contributed by atoms with E-state index in [0.29, 0.717) is 30.2 Å². The van der Waals surface area contributed by atoms with Crippen molar-refractivity contribution in [2.75, 3.05) is 40.3 Å². The average Bonchev–Trinajstić information content (AvgIpc) is 3.14. The molecular weight excluding hydrogens is 415 g/mol. The smallest absolute Gasteiger partial charge is 0.265 e. The fraction of sp³-hybridized carbons (Fsp3) is 0.522. The Morgan fingerprint density at radius 1 is 1.26 bits per heavy atom. The maximum absolute atomic E-state index is 13.2. The number of nitrogens with one attached hydrogen (secondary N) is 1. The van der Waals surface area contributed by atoms with Crippen molar-refractivity contribution in [2.24, 2.45) is 11.8 Å². The van der Waals surface area contributed by atoms with Gasteiger partial charge in [-0.2, -0.15) is 0 Å². The largest absolute Gasteiger partial charge is 0.355 e. The number of halogens is 1. The Labute approximate surface area is 187 Å². The molecule has 0 unspecified atom stereocenters. The zero-order valence-electron chi connectivity index (χ0n) is 18.7. The summed E-state index contributed by atoms with van der Waals surface area (Å²) >= 11 is 1.35. The van der Waals surface area contributed by atoms with Crippen molar-refractivity contribution in [3.8, 4) is 10.6 Å². The summed E-state index contributed by atoms with van der Waals surface area (Å²) in [6.45, 7) is 6.57. The van der Waals surface area contributed by atoms with Gasteiger partial charge in [0.05, 0.1) is 5.69 Å². The average molecular weight is 447 g/mol. The summed E-state index contributed by atoms with van der Waals surface area (Å²) < 4.78 is 13.2. The monoisotopic (exact) mass is 446 g/mol. The van der Waals surface area contributed by atoms with Gasteiger partial charge < -0.3 is 15.1 Å². The summed E-state index contributed by atoms with van der Waals surface area (Å²) in [6, 6.07) is 6.16. The molecule has 0 spiro atoms. The number of hydrogen-bond donors (Lipinski definition) is 1. The van der Waals surface area contributed by atoms with Crippen LogP contribution in [0.4, 0.5) is 4.39 Å². The molecule has 2 aromatic rings. The molecule has 2 amide bonds. The lowest BCUT2D eigenvalue weighted by molar-refractivity contribution is -0.126. The molecule has 2 heterocycles. The summed E-state index contributed by atoms with van der Waals surface area (Å²) in [6.07, 6.45) is 1.63. The first-order chi connectivity index (χ1) is 14.8. The van der Waals surface area contributed by atoms with Gasteiger partial charge in [0, 0.05) is 37.7 Å². The SMILES string of the molecule is Cc1nc(-c2ccc(F)cc2)sc1C(=O)N1CCC([C@H](C)C(=O)NCCN(C)C)CC1. The van der Waals surface area contributed by atoms with Crippen LogP contribution in [0.15, 0.2) is 24.3 Å². The molecule has 0 aliphatic carbocycles. The molecule has 3 rings (SSSR count). The van der Waals surface area contributed by atoms with Crippen LogP contribution in [0.5, 0.6) is 0 Å². The second-order valence-electron chi connectivity index (χ2n) is 8.45. The highest BCUT2D eigenvalue weighted by Crippen LogP contribution is 2.31. The van der Waals surface area contributed by atoms with E-state index >= 15 is 0 Å². The lowest BCUT2D eigenvalue weighted by Crippen LogP contribution is -2.43. The Bertz CT molecular complexity index is 905. The van der Waals surface area contributed by atoms with Crippen molar-refractivity contribution in [1.29, 1.82) is 0 Å². The van der Waals surface area contributed by atoms with Crippen LogP contribution in [0.1, 0.15) is 35.1 Å². The molecule has 1 aromatic carbocycles. The number of likely N-dealkylation sites (tertiary alicyclic amines) is 1. The van der Waals surface area contributed by atoms with Gasteiger partial charge in [-0.25, -0.2) is 9.37 Å². The van der Waals surface area contributed by atoms with Crippen LogP contribution in [0.3, 0.4) is 0 Å². The van der Waals surface area contributed by atoms with Crippen LogP contribution < -0.4 is 5.32 Å². The Balaban J connectivity index is 1.57. The third-order valence-electron chi connectivity index (χ3n) is 5.89. The number of aryl methyl sites for hydroxylation is 1. The predicted molar refractivity (Wildman–Crippen MR) is 122 cm³/mol. The van der Waals surface area contributed by atoms with Gasteiger partial charge in [0.15, 0.2) is 0 Å². The van der Waals surface area contributed by atoms with Crippen molar-refractivity contribution in [1.82, 2.24) is 20.1 Å². The number of benzene rings is 1. The Hall–Kier alpha value is -2.32. The number of aromatic nitrogens is 1. The van der Waals surface area contributed by atoms with Crippen molar-refractivity contribution >= 4 is 23.2 Å². The molecular formula is C23H31FN4O2S. The number of carbonyl (C=O) groups is 2. The van der Waals surface area contributed by atoms with E-state index in [9.17, 15) is 14.0 Å². The van der Waals surface area contributed by atoms with Gasteiger partial charge in [-0.3, -0.25) is 9.59 Å². The number of nitrogens with zero attached hydrogens (tertiary/aromatic N) is 3. The lowest BCUT2D eigenvalue weighted by Gasteiger charge is -2.34. The van der Waals surface area contributed by atoms with Crippen LogP contribution in [0, 0.1) is 24.6 Å². The first-order valence-electron chi connectivity index (χ1n) is 10.7. The number of piperidine rings is 1. The van der Waals surface area contributed by atoms with Crippen molar-refractivity contribution in [2.45, 2.75) is 26.7 Å². The fourth-order valence-electron chi connectivity index (χ4n) is 3.83. The topological polar surface area (TPSA) is 65.5 Å². The molecule has 1 saturated heterocycles.